The molecule has 1 saturated heterocycles. The summed E-state index contributed by atoms with van der Waals surface area (Å²) in [5, 5.41) is 3.24. The molecule has 4 nitrogen and oxygen atoms in total. The molecule has 5 heteroatoms. The Labute approximate surface area is 93.3 Å². The molecule has 1 fully saturated rings. The summed E-state index contributed by atoms with van der Waals surface area (Å²) in [5.41, 5.74) is 2.69. The number of hydrogen-bond acceptors (Lipinski definition) is 4. The number of thiazole rings is 1. The molecule has 1 aliphatic heterocycles. The van der Waals surface area contributed by atoms with Gasteiger partial charge in [0.1, 0.15) is 4.88 Å². The van der Waals surface area contributed by atoms with Crippen molar-refractivity contribution in [1.29, 1.82) is 0 Å². The summed E-state index contributed by atoms with van der Waals surface area (Å²) < 4.78 is 0. The summed E-state index contributed by atoms with van der Waals surface area (Å²) in [6, 6.07) is 0. The van der Waals surface area contributed by atoms with Gasteiger partial charge in [-0.3, -0.25) is 4.79 Å². The molecule has 0 aromatic carbocycles. The maximum Gasteiger partial charge on any atom is 0.265 e. The van der Waals surface area contributed by atoms with Gasteiger partial charge >= 0.3 is 0 Å². The van der Waals surface area contributed by atoms with Gasteiger partial charge in [-0.05, 0) is 6.42 Å². The van der Waals surface area contributed by atoms with Gasteiger partial charge in [0, 0.05) is 26.2 Å². The minimum atomic E-state index is 0.149. The van der Waals surface area contributed by atoms with E-state index in [0.29, 0.717) is 0 Å². The lowest BCUT2D eigenvalue weighted by molar-refractivity contribution is 0.0739. The number of rotatable bonds is 2. The molecule has 82 valence electrons. The van der Waals surface area contributed by atoms with Crippen molar-refractivity contribution in [3.05, 3.63) is 16.1 Å². The second-order valence-electron chi connectivity index (χ2n) is 3.52. The van der Waals surface area contributed by atoms with E-state index in [4.69, 9.17) is 0 Å². The molecule has 0 aliphatic carbocycles. The zero-order valence-electron chi connectivity index (χ0n) is 8.82. The van der Waals surface area contributed by atoms with Gasteiger partial charge in [0.2, 0.25) is 0 Å². The highest BCUT2D eigenvalue weighted by atomic mass is 32.1. The summed E-state index contributed by atoms with van der Waals surface area (Å²) in [4.78, 5) is 19.0. The van der Waals surface area contributed by atoms with E-state index < -0.39 is 0 Å². The summed E-state index contributed by atoms with van der Waals surface area (Å²) in [7, 11) is 0. The van der Waals surface area contributed by atoms with Gasteiger partial charge in [-0.2, -0.15) is 0 Å². The SMILES string of the molecule is CCc1ncsc1C(=O)N1CCNCC1. The Morgan fingerprint density at radius 2 is 2.33 bits per heavy atom. The van der Waals surface area contributed by atoms with Crippen LogP contribution in [0.1, 0.15) is 22.3 Å². The standard InChI is InChI=1S/C10H15N3OS/c1-2-8-9(15-7-12-8)10(14)13-5-3-11-4-6-13/h7,11H,2-6H2,1H3. The molecule has 1 aromatic heterocycles. The number of carbonyl (C=O) groups is 1. The van der Waals surface area contributed by atoms with Gasteiger partial charge in [-0.15, -0.1) is 11.3 Å². The third kappa shape index (κ3) is 2.18. The van der Waals surface area contributed by atoms with Crippen LogP contribution in [0.5, 0.6) is 0 Å². The fourth-order valence-electron chi connectivity index (χ4n) is 1.71. The Balaban J connectivity index is 2.12. The van der Waals surface area contributed by atoms with E-state index in [9.17, 15) is 4.79 Å². The van der Waals surface area contributed by atoms with Crippen LogP contribution < -0.4 is 5.32 Å². The summed E-state index contributed by atoms with van der Waals surface area (Å²) in [6.07, 6.45) is 0.830. The van der Waals surface area contributed by atoms with E-state index in [1.54, 1.807) is 5.51 Å². The third-order valence-electron chi connectivity index (χ3n) is 2.57. The van der Waals surface area contributed by atoms with Crippen molar-refractivity contribution in [1.82, 2.24) is 15.2 Å². The molecule has 1 amide bonds. The van der Waals surface area contributed by atoms with Gasteiger partial charge in [-0.25, -0.2) is 4.98 Å². The van der Waals surface area contributed by atoms with Crippen LogP contribution in [0.15, 0.2) is 5.51 Å². The second-order valence-corrected chi connectivity index (χ2v) is 4.38. The van der Waals surface area contributed by atoms with E-state index in [1.807, 2.05) is 11.8 Å². The average molecular weight is 225 g/mol. The lowest BCUT2D eigenvalue weighted by Gasteiger charge is -2.27. The molecule has 1 aromatic rings. The second kappa shape index (κ2) is 4.72. The molecule has 0 saturated carbocycles. The molecular weight excluding hydrogens is 210 g/mol. The van der Waals surface area contributed by atoms with Crippen molar-refractivity contribution in [3.63, 3.8) is 0 Å². The number of hydrogen-bond donors (Lipinski definition) is 1. The summed E-state index contributed by atoms with van der Waals surface area (Å²) in [5.74, 6) is 0.149. The van der Waals surface area contributed by atoms with Gasteiger partial charge in [0.25, 0.3) is 5.91 Å². The van der Waals surface area contributed by atoms with Crippen LogP contribution in [0.4, 0.5) is 0 Å². The first kappa shape index (κ1) is 10.6. The van der Waals surface area contributed by atoms with Gasteiger partial charge in [0.15, 0.2) is 0 Å². The highest BCUT2D eigenvalue weighted by molar-refractivity contribution is 7.11. The minimum Gasteiger partial charge on any atom is -0.335 e. The first-order valence-electron chi connectivity index (χ1n) is 5.25. The number of amides is 1. The summed E-state index contributed by atoms with van der Waals surface area (Å²) in [6.45, 7) is 5.43. The van der Waals surface area contributed by atoms with E-state index in [0.717, 1.165) is 43.2 Å². The van der Waals surface area contributed by atoms with Crippen LogP contribution in [0.25, 0.3) is 0 Å². The highest BCUT2D eigenvalue weighted by Crippen LogP contribution is 2.16. The Hall–Kier alpha value is -0.940. The van der Waals surface area contributed by atoms with E-state index in [2.05, 4.69) is 10.3 Å². The minimum absolute atomic E-state index is 0.149. The highest BCUT2D eigenvalue weighted by Gasteiger charge is 2.21. The molecule has 2 heterocycles. The number of aryl methyl sites for hydroxylation is 1. The van der Waals surface area contributed by atoms with E-state index >= 15 is 0 Å². The average Bonchev–Trinajstić information content (AvgIpc) is 2.77. The monoisotopic (exact) mass is 225 g/mol. The van der Waals surface area contributed by atoms with Crippen molar-refractivity contribution in [2.45, 2.75) is 13.3 Å². The van der Waals surface area contributed by atoms with Crippen LogP contribution in [0.3, 0.4) is 0 Å². The zero-order chi connectivity index (χ0) is 10.7. The van der Waals surface area contributed by atoms with E-state index in [1.165, 1.54) is 11.3 Å². The van der Waals surface area contributed by atoms with Crippen molar-refractivity contribution >= 4 is 17.2 Å². The fraction of sp³-hybridized carbons (Fsp3) is 0.600. The van der Waals surface area contributed by atoms with Gasteiger partial charge in [-0.1, -0.05) is 6.92 Å². The first-order chi connectivity index (χ1) is 7.33. The molecular formula is C10H15N3OS. The molecule has 2 rings (SSSR count). The molecule has 0 unspecified atom stereocenters. The van der Waals surface area contributed by atoms with Crippen LogP contribution in [0, 0.1) is 0 Å². The first-order valence-corrected chi connectivity index (χ1v) is 6.13. The Morgan fingerprint density at radius 3 is 3.00 bits per heavy atom. The number of aromatic nitrogens is 1. The maximum absolute atomic E-state index is 12.1. The molecule has 0 bridgehead atoms. The normalized spacial score (nSPS) is 16.7. The predicted molar refractivity (Wildman–Crippen MR) is 60.3 cm³/mol. The lowest BCUT2D eigenvalue weighted by atomic mass is 10.2. The quantitative estimate of drug-likeness (QED) is 0.808. The Bertz CT molecular complexity index is 344. The van der Waals surface area contributed by atoms with Crippen molar-refractivity contribution in [3.8, 4) is 0 Å². The number of carbonyl (C=O) groups excluding carboxylic acids is 1. The van der Waals surface area contributed by atoms with Gasteiger partial charge < -0.3 is 10.2 Å². The van der Waals surface area contributed by atoms with E-state index in [-0.39, 0.29) is 5.91 Å². The zero-order valence-corrected chi connectivity index (χ0v) is 9.64. The lowest BCUT2D eigenvalue weighted by Crippen LogP contribution is -2.46. The van der Waals surface area contributed by atoms with Crippen LogP contribution in [-0.4, -0.2) is 42.0 Å². The molecule has 0 atom stereocenters. The van der Waals surface area contributed by atoms with Crippen LogP contribution in [-0.2, 0) is 6.42 Å². The Kier molecular flexibility index (Phi) is 3.33. The number of piperazine rings is 1. The molecule has 15 heavy (non-hydrogen) atoms. The molecule has 1 aliphatic rings. The number of nitrogens with one attached hydrogen (secondary N) is 1. The van der Waals surface area contributed by atoms with Crippen molar-refractivity contribution in [2.75, 3.05) is 26.2 Å². The maximum atomic E-state index is 12.1. The summed E-state index contributed by atoms with van der Waals surface area (Å²) >= 11 is 1.45. The smallest absolute Gasteiger partial charge is 0.265 e. The van der Waals surface area contributed by atoms with Crippen LogP contribution in [0.2, 0.25) is 0 Å². The van der Waals surface area contributed by atoms with Gasteiger partial charge in [0.05, 0.1) is 11.2 Å². The third-order valence-corrected chi connectivity index (χ3v) is 3.43. The number of nitrogens with zero attached hydrogens (tertiary/aromatic N) is 2. The topological polar surface area (TPSA) is 45.2 Å². The predicted octanol–water partition coefficient (Wildman–Crippen LogP) is 0.751. The van der Waals surface area contributed by atoms with Crippen molar-refractivity contribution < 1.29 is 4.79 Å². The molecule has 1 N–H and O–H groups in total. The molecule has 0 spiro atoms. The van der Waals surface area contributed by atoms with Crippen molar-refractivity contribution in [2.24, 2.45) is 0 Å². The Morgan fingerprint density at radius 1 is 1.60 bits per heavy atom. The molecule has 0 radical (unpaired) electrons. The largest absolute Gasteiger partial charge is 0.335 e. The van der Waals surface area contributed by atoms with Crippen LogP contribution >= 0.6 is 11.3 Å². The fourth-order valence-corrected chi connectivity index (χ4v) is 2.55.